The number of carbonyl (C=O) groups excluding carboxylic acids is 1. The second-order valence-electron chi connectivity index (χ2n) is 4.12. The number of rotatable bonds is 5. The number of pyridine rings is 1. The van der Waals surface area contributed by atoms with E-state index in [4.69, 9.17) is 0 Å². The normalized spacial score (nSPS) is 10.7. The van der Waals surface area contributed by atoms with Crippen molar-refractivity contribution in [2.45, 2.75) is 13.3 Å². The van der Waals surface area contributed by atoms with Crippen LogP contribution < -0.4 is 4.90 Å². The predicted molar refractivity (Wildman–Crippen MR) is 81.8 cm³/mol. The Labute approximate surface area is 130 Å². The van der Waals surface area contributed by atoms with Gasteiger partial charge in [-0.05, 0) is 18.7 Å². The summed E-state index contributed by atoms with van der Waals surface area (Å²) < 4.78 is 27.2. The molecule has 0 aliphatic heterocycles. The van der Waals surface area contributed by atoms with Crippen molar-refractivity contribution in [1.29, 1.82) is 0 Å². The molecule has 2 aromatic heterocycles. The van der Waals surface area contributed by atoms with Gasteiger partial charge >= 0.3 is 0 Å². The molecule has 0 saturated carbocycles. The monoisotopic (exact) mass is 329 g/mol. The minimum absolute atomic E-state index is 0.128. The van der Waals surface area contributed by atoms with Crippen LogP contribution in [0.2, 0.25) is 0 Å². The van der Waals surface area contributed by atoms with Gasteiger partial charge < -0.3 is 4.90 Å². The Balaban J connectivity index is 2.36. The third-order valence-electron chi connectivity index (χ3n) is 2.71. The van der Waals surface area contributed by atoms with Crippen molar-refractivity contribution in [2.75, 3.05) is 17.2 Å². The number of carbonyl (C=O) groups is 1. The summed E-state index contributed by atoms with van der Waals surface area (Å²) in [5.41, 5.74) is 0.378. The molecule has 112 valence electrons. The molecule has 8 heteroatoms. The number of nitrogens with zero attached hydrogens (tertiary/aromatic N) is 3. The zero-order chi connectivity index (χ0) is 15.4. The van der Waals surface area contributed by atoms with E-state index in [1.165, 1.54) is 17.2 Å². The molecule has 0 N–H and O–H groups in total. The van der Waals surface area contributed by atoms with E-state index >= 15 is 0 Å². The van der Waals surface area contributed by atoms with Crippen molar-refractivity contribution in [3.05, 3.63) is 30.2 Å². The number of amides is 1. The summed E-state index contributed by atoms with van der Waals surface area (Å²) in [6, 6.07) is 1.22. The van der Waals surface area contributed by atoms with Gasteiger partial charge in [0.25, 0.3) is 0 Å². The molecule has 1 amide bonds. The van der Waals surface area contributed by atoms with E-state index in [0.717, 1.165) is 17.5 Å². The maximum absolute atomic E-state index is 14.0. The van der Waals surface area contributed by atoms with Crippen LogP contribution in [0.5, 0.6) is 0 Å². The van der Waals surface area contributed by atoms with Crippen LogP contribution in [0.15, 0.2) is 18.5 Å². The lowest BCUT2D eigenvalue weighted by molar-refractivity contribution is -0.118. The minimum atomic E-state index is -0.742. The summed E-state index contributed by atoms with van der Waals surface area (Å²) >= 11 is 5.00. The fourth-order valence-electron chi connectivity index (χ4n) is 1.78. The van der Waals surface area contributed by atoms with Crippen LogP contribution in [0.4, 0.5) is 13.8 Å². The molecular formula is C13H13F2N3OS2. The second kappa shape index (κ2) is 6.95. The molecule has 0 aromatic carbocycles. The molecule has 4 nitrogen and oxygen atoms in total. The highest BCUT2D eigenvalue weighted by molar-refractivity contribution is 7.80. The van der Waals surface area contributed by atoms with E-state index in [9.17, 15) is 13.6 Å². The molecule has 0 atom stereocenters. The Morgan fingerprint density at radius 2 is 2.19 bits per heavy atom. The first-order valence-electron chi connectivity index (χ1n) is 6.25. The lowest BCUT2D eigenvalue weighted by Gasteiger charge is -2.17. The highest BCUT2D eigenvalue weighted by Gasteiger charge is 2.22. The number of thiol groups is 1. The molecule has 0 saturated heterocycles. The van der Waals surface area contributed by atoms with Gasteiger partial charge in [0, 0.05) is 24.7 Å². The Kier molecular flexibility index (Phi) is 5.24. The molecule has 0 unspecified atom stereocenters. The van der Waals surface area contributed by atoms with Crippen LogP contribution in [-0.2, 0) is 4.79 Å². The molecule has 0 aliphatic rings. The maximum atomic E-state index is 14.0. The lowest BCUT2D eigenvalue weighted by atomic mass is 10.3. The van der Waals surface area contributed by atoms with Gasteiger partial charge in [0.1, 0.15) is 10.8 Å². The van der Waals surface area contributed by atoms with Crippen LogP contribution in [0.25, 0.3) is 10.6 Å². The van der Waals surface area contributed by atoms with E-state index in [-0.39, 0.29) is 22.3 Å². The Hall–Kier alpha value is -1.54. The van der Waals surface area contributed by atoms with E-state index in [1.54, 1.807) is 6.92 Å². The van der Waals surface area contributed by atoms with E-state index in [1.807, 2.05) is 0 Å². The minimum Gasteiger partial charge on any atom is -0.300 e. The first-order valence-corrected chi connectivity index (χ1v) is 7.70. The van der Waals surface area contributed by atoms with E-state index < -0.39 is 11.8 Å². The van der Waals surface area contributed by atoms with Crippen molar-refractivity contribution >= 4 is 34.9 Å². The van der Waals surface area contributed by atoms with Gasteiger partial charge in [0.2, 0.25) is 11.9 Å². The fraction of sp³-hybridized carbons (Fsp3) is 0.308. The van der Waals surface area contributed by atoms with Crippen molar-refractivity contribution in [2.24, 2.45) is 0 Å². The molecule has 2 rings (SSSR count). The third kappa shape index (κ3) is 3.56. The standard InChI is InChI=1S/C13H13F2N3OS2/c1-2-18(10(19)3-4-20)13-11(15)17-12(21-13)8-5-9(14)7-16-6-8/h5-7,20H,2-4H2,1H3. The first kappa shape index (κ1) is 15.8. The zero-order valence-electron chi connectivity index (χ0n) is 11.2. The molecule has 0 spiro atoms. The van der Waals surface area contributed by atoms with Gasteiger partial charge in [-0.3, -0.25) is 9.78 Å². The van der Waals surface area contributed by atoms with Crippen LogP contribution in [0.3, 0.4) is 0 Å². The van der Waals surface area contributed by atoms with Crippen molar-refractivity contribution in [1.82, 2.24) is 9.97 Å². The number of aromatic nitrogens is 2. The number of hydrogen-bond donors (Lipinski definition) is 1. The van der Waals surface area contributed by atoms with E-state index in [0.29, 0.717) is 17.9 Å². The van der Waals surface area contributed by atoms with Crippen LogP contribution in [0.1, 0.15) is 13.3 Å². The van der Waals surface area contributed by atoms with Gasteiger partial charge in [-0.15, -0.1) is 0 Å². The number of hydrogen-bond acceptors (Lipinski definition) is 5. The lowest BCUT2D eigenvalue weighted by Crippen LogP contribution is -2.30. The average molecular weight is 329 g/mol. The summed E-state index contributed by atoms with van der Waals surface area (Å²) in [7, 11) is 0. The summed E-state index contributed by atoms with van der Waals surface area (Å²) in [6.07, 6.45) is 2.67. The first-order chi connectivity index (χ1) is 10.1. The van der Waals surface area contributed by atoms with Gasteiger partial charge in [0.05, 0.1) is 6.20 Å². The predicted octanol–water partition coefficient (Wildman–Crippen LogP) is 3.16. The van der Waals surface area contributed by atoms with Gasteiger partial charge in [-0.1, -0.05) is 11.3 Å². The van der Waals surface area contributed by atoms with Crippen molar-refractivity contribution in [3.8, 4) is 10.6 Å². The second-order valence-corrected chi connectivity index (χ2v) is 5.54. The molecule has 2 aromatic rings. The van der Waals surface area contributed by atoms with Crippen LogP contribution in [-0.4, -0.2) is 28.2 Å². The highest BCUT2D eigenvalue weighted by atomic mass is 32.1. The quantitative estimate of drug-likeness (QED) is 0.857. The Bertz CT molecular complexity index is 648. The molecular weight excluding hydrogens is 316 g/mol. The maximum Gasteiger partial charge on any atom is 0.248 e. The SMILES string of the molecule is CCN(C(=O)CCS)c1sc(-c2cncc(F)c2)nc1F. The number of thiazole rings is 1. The summed E-state index contributed by atoms with van der Waals surface area (Å²) in [5.74, 6) is -1.10. The summed E-state index contributed by atoms with van der Waals surface area (Å²) in [6.45, 7) is 2.07. The number of halogens is 2. The zero-order valence-corrected chi connectivity index (χ0v) is 12.9. The summed E-state index contributed by atoms with van der Waals surface area (Å²) in [4.78, 5) is 20.7. The third-order valence-corrected chi connectivity index (χ3v) is 4.04. The average Bonchev–Trinajstić information content (AvgIpc) is 2.82. The molecule has 0 radical (unpaired) electrons. The largest absolute Gasteiger partial charge is 0.300 e. The molecule has 21 heavy (non-hydrogen) atoms. The topological polar surface area (TPSA) is 46.1 Å². The smallest absolute Gasteiger partial charge is 0.248 e. The van der Waals surface area contributed by atoms with Crippen LogP contribution in [0, 0.1) is 11.8 Å². The number of anilines is 1. The summed E-state index contributed by atoms with van der Waals surface area (Å²) in [5, 5.41) is 0.412. The molecule has 0 aliphatic carbocycles. The Morgan fingerprint density at radius 3 is 2.81 bits per heavy atom. The van der Waals surface area contributed by atoms with Gasteiger partial charge in [-0.2, -0.15) is 17.0 Å². The van der Waals surface area contributed by atoms with E-state index in [2.05, 4.69) is 22.6 Å². The fourth-order valence-corrected chi connectivity index (χ4v) is 2.98. The Morgan fingerprint density at radius 1 is 1.43 bits per heavy atom. The molecule has 2 heterocycles. The van der Waals surface area contributed by atoms with Gasteiger partial charge in [-0.25, -0.2) is 9.37 Å². The van der Waals surface area contributed by atoms with Gasteiger partial charge in [0.15, 0.2) is 5.00 Å². The highest BCUT2D eigenvalue weighted by Crippen LogP contribution is 2.34. The molecule has 0 bridgehead atoms. The van der Waals surface area contributed by atoms with Crippen LogP contribution >= 0.6 is 24.0 Å². The van der Waals surface area contributed by atoms with Crippen molar-refractivity contribution in [3.63, 3.8) is 0 Å². The van der Waals surface area contributed by atoms with Crippen molar-refractivity contribution < 1.29 is 13.6 Å². The molecule has 0 fully saturated rings.